The maximum absolute atomic E-state index is 14.2. The predicted octanol–water partition coefficient (Wildman–Crippen LogP) is 14.5. The van der Waals surface area contributed by atoms with Gasteiger partial charge in [0.05, 0.1) is 25.2 Å². The van der Waals surface area contributed by atoms with Crippen LogP contribution in [-0.4, -0.2) is 136 Å². The zero-order valence-corrected chi connectivity index (χ0v) is 58.0. The molecule has 2 saturated heterocycles. The summed E-state index contributed by atoms with van der Waals surface area (Å²) < 4.78 is 67.6. The van der Waals surface area contributed by atoms with Crippen molar-refractivity contribution < 1.29 is 81.1 Å². The SMILES string of the molecule is CCCCCCCCCCCCCCCCCC(=O)O[C@@H]1[C@@H](O)[C@H](CO)O[C@@H](O[C@H]2O[C@H](CO)[C@@H](O)[C@H](O)[C@H]2OS(=O)(=O)O)[C@H]1OC(=O)[C@H](C)C[C@H](C)C[C@H](C)C[C@H](C)C[C@H](C)C[C@H](C)C[C@H](C)C[C@H](C)[C@H](O)CCCCCCCCCCCCCCC. The van der Waals surface area contributed by atoms with Gasteiger partial charge in [0.15, 0.2) is 24.6 Å². The molecule has 2 aliphatic rings. The van der Waals surface area contributed by atoms with Crippen LogP contribution in [0.5, 0.6) is 0 Å². The third-order valence-electron chi connectivity index (χ3n) is 18.8. The molecule has 0 aliphatic carbocycles. The lowest BCUT2D eigenvalue weighted by Crippen LogP contribution is -2.65. The van der Waals surface area contributed by atoms with Crippen LogP contribution in [0.25, 0.3) is 0 Å². The minimum absolute atomic E-state index is 0.0237. The first-order valence-electron chi connectivity index (χ1n) is 35.9. The van der Waals surface area contributed by atoms with Gasteiger partial charge in [-0.3, -0.25) is 14.1 Å². The highest BCUT2D eigenvalue weighted by Gasteiger charge is 2.55. The summed E-state index contributed by atoms with van der Waals surface area (Å²) in [5.41, 5.74) is 0. The smallest absolute Gasteiger partial charge is 0.397 e. The van der Waals surface area contributed by atoms with Crippen LogP contribution < -0.4 is 0 Å². The van der Waals surface area contributed by atoms with Crippen molar-refractivity contribution >= 4 is 22.3 Å². The number of carbonyl (C=O) groups is 2. The Labute approximate surface area is 536 Å². The number of aliphatic hydroxyl groups is 6. The molecule has 522 valence electrons. The Morgan fingerprint density at radius 2 is 0.795 bits per heavy atom. The Morgan fingerprint density at radius 3 is 1.19 bits per heavy atom. The second-order valence-electron chi connectivity index (χ2n) is 28.4. The van der Waals surface area contributed by atoms with Gasteiger partial charge in [0.2, 0.25) is 6.29 Å². The monoisotopic (exact) mass is 1280 g/mol. The normalized spacial score (nSPS) is 25.7. The van der Waals surface area contributed by atoms with Crippen LogP contribution in [0.2, 0.25) is 0 Å². The van der Waals surface area contributed by atoms with Crippen LogP contribution in [0.1, 0.15) is 307 Å². The van der Waals surface area contributed by atoms with Crippen molar-refractivity contribution in [3.05, 3.63) is 0 Å². The molecule has 7 N–H and O–H groups in total. The lowest BCUT2D eigenvalue weighted by Gasteiger charge is -2.46. The fourth-order valence-corrected chi connectivity index (χ4v) is 14.7. The molecule has 0 radical (unpaired) electrons. The van der Waals surface area contributed by atoms with Crippen molar-refractivity contribution in [3.63, 3.8) is 0 Å². The highest BCUT2D eigenvalue weighted by molar-refractivity contribution is 7.80. The highest BCUT2D eigenvalue weighted by atomic mass is 32.3. The number of esters is 2. The number of ether oxygens (including phenoxy) is 5. The van der Waals surface area contributed by atoms with Crippen LogP contribution in [0.4, 0.5) is 0 Å². The maximum atomic E-state index is 14.2. The number of carbonyl (C=O) groups excluding carboxylic acids is 2. The van der Waals surface area contributed by atoms with E-state index < -0.39 is 103 Å². The molecule has 88 heavy (non-hydrogen) atoms. The highest BCUT2D eigenvalue weighted by Crippen LogP contribution is 2.36. The van der Waals surface area contributed by atoms with Crippen LogP contribution in [0.15, 0.2) is 0 Å². The molecule has 0 unspecified atom stereocenters. The molecule has 2 heterocycles. The van der Waals surface area contributed by atoms with Crippen molar-refractivity contribution in [2.24, 2.45) is 47.3 Å². The Kier molecular flexibility index (Phi) is 45.2. The van der Waals surface area contributed by atoms with Gasteiger partial charge < -0.3 is 54.3 Å². The topological polar surface area (TPSA) is 265 Å². The first-order chi connectivity index (χ1) is 41.9. The largest absolute Gasteiger partial charge is 0.455 e. The summed E-state index contributed by atoms with van der Waals surface area (Å²) in [6.07, 6.45) is 23.4. The van der Waals surface area contributed by atoms with E-state index in [0.717, 1.165) is 77.0 Å². The van der Waals surface area contributed by atoms with Gasteiger partial charge in [0, 0.05) is 6.42 Å². The fourth-order valence-electron chi connectivity index (χ4n) is 14.2. The molecule has 0 aromatic rings. The summed E-state index contributed by atoms with van der Waals surface area (Å²) in [5, 5.41) is 64.4. The summed E-state index contributed by atoms with van der Waals surface area (Å²) >= 11 is 0. The zero-order chi connectivity index (χ0) is 65.4. The average Bonchev–Trinajstić information content (AvgIpc) is 2.39. The predicted molar refractivity (Wildman–Crippen MR) is 348 cm³/mol. The minimum atomic E-state index is -5.33. The zero-order valence-electron chi connectivity index (χ0n) is 57.2. The van der Waals surface area contributed by atoms with Crippen molar-refractivity contribution in [2.75, 3.05) is 13.2 Å². The van der Waals surface area contributed by atoms with Gasteiger partial charge in [-0.25, -0.2) is 4.18 Å². The third-order valence-corrected chi connectivity index (χ3v) is 19.3. The van der Waals surface area contributed by atoms with Crippen molar-refractivity contribution in [3.8, 4) is 0 Å². The molecule has 2 aliphatic heterocycles. The molecule has 17 nitrogen and oxygen atoms in total. The third kappa shape index (κ3) is 36.2. The summed E-state index contributed by atoms with van der Waals surface area (Å²) in [6, 6.07) is 0. The molecular weight excluding hydrogens is 1140 g/mol. The number of rotatable bonds is 54. The van der Waals surface area contributed by atoms with Gasteiger partial charge in [0.1, 0.15) is 30.5 Å². The Morgan fingerprint density at radius 1 is 0.443 bits per heavy atom. The fraction of sp³-hybridized carbons (Fsp3) is 0.971. The van der Waals surface area contributed by atoms with E-state index in [1.54, 1.807) is 6.92 Å². The number of hydrogen-bond donors (Lipinski definition) is 7. The lowest BCUT2D eigenvalue weighted by atomic mass is 9.80. The van der Waals surface area contributed by atoms with Gasteiger partial charge in [-0.05, 0) is 99.2 Å². The van der Waals surface area contributed by atoms with Crippen molar-refractivity contribution in [1.82, 2.24) is 0 Å². The molecule has 0 aromatic heterocycles. The van der Waals surface area contributed by atoms with E-state index in [9.17, 15) is 53.2 Å². The van der Waals surface area contributed by atoms with E-state index >= 15 is 0 Å². The molecule has 0 bridgehead atoms. The van der Waals surface area contributed by atoms with Crippen LogP contribution in [0.3, 0.4) is 0 Å². The summed E-state index contributed by atoms with van der Waals surface area (Å²) in [4.78, 5) is 27.8. The van der Waals surface area contributed by atoms with Gasteiger partial charge >= 0.3 is 22.3 Å². The standard InChI is InChI=1S/C70H134O17S/c1-11-13-15-17-19-21-23-25-26-28-30-32-34-36-38-40-61(74)84-65-63(76)60(49-72)83-70(86-69-66(87-88(79,80)81)64(77)62(75)59(48-71)82-69)67(65)85-68(78)57(10)47-55(8)45-53(6)43-51(4)41-50(3)42-52(5)44-54(7)46-56(9)58(73)39-37-35-33-31-29-27-24-22-20-18-16-14-12-2/h50-60,62-67,69-73,75-77H,11-49H2,1-10H3,(H,79,80,81)/t50-,51+,52-,53+,54-,55+,56-,57+,58+,59+,60-,62+,63-,64-,65+,66+,67-,69+,70-/m0/s1. The first kappa shape index (κ1) is 82.5. The maximum Gasteiger partial charge on any atom is 0.397 e. The lowest BCUT2D eigenvalue weighted by molar-refractivity contribution is -0.374. The van der Waals surface area contributed by atoms with E-state index in [2.05, 4.69) is 66.5 Å². The van der Waals surface area contributed by atoms with E-state index in [1.165, 1.54) is 141 Å². The van der Waals surface area contributed by atoms with E-state index in [4.69, 9.17) is 23.7 Å². The summed E-state index contributed by atoms with van der Waals surface area (Å²) in [6.45, 7) is 20.4. The summed E-state index contributed by atoms with van der Waals surface area (Å²) in [7, 11) is -5.33. The molecule has 2 rings (SSSR count). The number of hydrogen-bond acceptors (Lipinski definition) is 16. The molecule has 0 amide bonds. The van der Waals surface area contributed by atoms with Crippen LogP contribution in [-0.2, 0) is 47.9 Å². The quantitative estimate of drug-likeness (QED) is 0.0169. The molecule has 19 atom stereocenters. The van der Waals surface area contributed by atoms with Gasteiger partial charge in [-0.15, -0.1) is 0 Å². The van der Waals surface area contributed by atoms with Gasteiger partial charge in [-0.2, -0.15) is 8.42 Å². The van der Waals surface area contributed by atoms with Crippen molar-refractivity contribution in [1.29, 1.82) is 0 Å². The minimum Gasteiger partial charge on any atom is -0.455 e. The number of unbranched alkanes of at least 4 members (excludes halogenated alkanes) is 26. The molecule has 2 fully saturated rings. The van der Waals surface area contributed by atoms with Crippen molar-refractivity contribution in [2.45, 2.75) is 374 Å². The Hall–Kier alpha value is -1.55. The molecule has 18 heteroatoms. The summed E-state index contributed by atoms with van der Waals surface area (Å²) in [5.74, 6) is 0.757. The van der Waals surface area contributed by atoms with Gasteiger partial charge in [-0.1, -0.05) is 243 Å². The van der Waals surface area contributed by atoms with E-state index in [1.807, 2.05) is 0 Å². The van der Waals surface area contributed by atoms with Crippen LogP contribution >= 0.6 is 0 Å². The molecular formula is C70H134O17S. The second kappa shape index (κ2) is 48.2. The molecule has 0 aromatic carbocycles. The molecule has 0 saturated carbocycles. The van der Waals surface area contributed by atoms with E-state index in [-0.39, 0.29) is 18.4 Å². The number of aliphatic hydroxyl groups excluding tert-OH is 6. The van der Waals surface area contributed by atoms with E-state index in [0.29, 0.717) is 48.3 Å². The van der Waals surface area contributed by atoms with Crippen LogP contribution in [0, 0.1) is 47.3 Å². The molecule has 0 spiro atoms. The Bertz CT molecular complexity index is 1840. The first-order valence-corrected chi connectivity index (χ1v) is 37.3. The average molecular weight is 1280 g/mol. The van der Waals surface area contributed by atoms with Gasteiger partial charge in [0.25, 0.3) is 0 Å². The second-order valence-corrected chi connectivity index (χ2v) is 29.4. The Balaban J connectivity index is 1.97.